The van der Waals surface area contributed by atoms with Gasteiger partial charge in [0.15, 0.2) is 17.1 Å². The minimum absolute atomic E-state index is 0.0222. The van der Waals surface area contributed by atoms with Gasteiger partial charge in [-0.15, -0.1) is 0 Å². The summed E-state index contributed by atoms with van der Waals surface area (Å²) in [5, 5.41) is 0. The molecule has 17 heavy (non-hydrogen) atoms. The number of ether oxygens (including phenoxy) is 2. The van der Waals surface area contributed by atoms with Gasteiger partial charge in [-0.05, 0) is 13.8 Å². The predicted octanol–water partition coefficient (Wildman–Crippen LogP) is 1.31. The van der Waals surface area contributed by atoms with Crippen LogP contribution in [0, 0.1) is 0 Å². The molecule has 1 aromatic rings. The van der Waals surface area contributed by atoms with Gasteiger partial charge < -0.3 is 9.47 Å². The molecule has 0 radical (unpaired) electrons. The molecule has 0 aliphatic carbocycles. The summed E-state index contributed by atoms with van der Waals surface area (Å²) < 4.78 is 11.7. The van der Waals surface area contributed by atoms with Crippen LogP contribution in [0.15, 0.2) is 6.33 Å². The average molecular weight is 238 g/mol. The number of cyclic esters (lactones) is 1. The summed E-state index contributed by atoms with van der Waals surface area (Å²) in [6, 6.07) is 0. The summed E-state index contributed by atoms with van der Waals surface area (Å²) in [6.07, 6.45) is 2.04. The van der Waals surface area contributed by atoms with E-state index >= 15 is 0 Å². The van der Waals surface area contributed by atoms with Gasteiger partial charge in [0.05, 0.1) is 12.9 Å². The highest BCUT2D eigenvalue weighted by Gasteiger charge is 2.43. The number of nitrogens with zero attached hydrogens (tertiary/aromatic N) is 2. The maximum atomic E-state index is 11.7. The summed E-state index contributed by atoms with van der Waals surface area (Å²) in [6.45, 7) is 5.61. The Labute approximate surface area is 98.5 Å². The number of esters is 2. The van der Waals surface area contributed by atoms with Crippen LogP contribution in [0.2, 0.25) is 0 Å². The lowest BCUT2D eigenvalue weighted by atomic mass is 10.2. The molecule has 0 N–H and O–H groups in total. The van der Waals surface area contributed by atoms with E-state index in [4.69, 9.17) is 9.47 Å². The van der Waals surface area contributed by atoms with E-state index in [1.165, 1.54) is 6.33 Å². The SMILES string of the molecule is CCOC(=O)c1ncn2c1C(=O)OC2(C)CC. The van der Waals surface area contributed by atoms with Crippen molar-refractivity contribution in [2.24, 2.45) is 0 Å². The minimum Gasteiger partial charge on any atom is -0.461 e. The van der Waals surface area contributed by atoms with Gasteiger partial charge in [-0.3, -0.25) is 4.57 Å². The first-order chi connectivity index (χ1) is 8.03. The molecular formula is C11H14N2O4. The fourth-order valence-corrected chi connectivity index (χ4v) is 1.79. The van der Waals surface area contributed by atoms with Crippen LogP contribution in [0.5, 0.6) is 0 Å². The average Bonchev–Trinajstić information content (AvgIpc) is 2.82. The Morgan fingerprint density at radius 3 is 2.88 bits per heavy atom. The highest BCUT2D eigenvalue weighted by Crippen LogP contribution is 2.33. The van der Waals surface area contributed by atoms with Gasteiger partial charge in [-0.1, -0.05) is 6.92 Å². The van der Waals surface area contributed by atoms with Crippen molar-refractivity contribution in [1.82, 2.24) is 9.55 Å². The van der Waals surface area contributed by atoms with Gasteiger partial charge in [-0.25, -0.2) is 14.6 Å². The van der Waals surface area contributed by atoms with Crippen LogP contribution < -0.4 is 0 Å². The largest absolute Gasteiger partial charge is 0.461 e. The van der Waals surface area contributed by atoms with E-state index in [1.54, 1.807) is 18.4 Å². The fraction of sp³-hybridized carbons (Fsp3) is 0.545. The number of hydrogen-bond donors (Lipinski definition) is 0. The molecule has 0 amide bonds. The van der Waals surface area contributed by atoms with Crippen LogP contribution >= 0.6 is 0 Å². The maximum Gasteiger partial charge on any atom is 0.359 e. The van der Waals surface area contributed by atoms with Crippen LogP contribution in [-0.4, -0.2) is 28.1 Å². The molecule has 0 saturated carbocycles. The number of rotatable bonds is 3. The number of carbonyl (C=O) groups excluding carboxylic acids is 2. The summed E-state index contributed by atoms with van der Waals surface area (Å²) in [5.74, 6) is -1.13. The zero-order valence-corrected chi connectivity index (χ0v) is 10.0. The molecule has 0 aromatic carbocycles. The number of carbonyl (C=O) groups is 2. The molecule has 0 bridgehead atoms. The van der Waals surface area contributed by atoms with E-state index in [-0.39, 0.29) is 18.0 Å². The third-order valence-corrected chi connectivity index (χ3v) is 2.91. The molecule has 6 nitrogen and oxygen atoms in total. The lowest BCUT2D eigenvalue weighted by Crippen LogP contribution is -2.26. The van der Waals surface area contributed by atoms with Gasteiger partial charge in [0.25, 0.3) is 0 Å². The molecule has 1 aliphatic rings. The molecule has 1 aliphatic heterocycles. The quantitative estimate of drug-likeness (QED) is 0.742. The summed E-state index contributed by atoms with van der Waals surface area (Å²) in [7, 11) is 0. The van der Waals surface area contributed by atoms with E-state index in [0.717, 1.165) is 0 Å². The van der Waals surface area contributed by atoms with Crippen molar-refractivity contribution in [2.75, 3.05) is 6.61 Å². The molecule has 1 unspecified atom stereocenters. The predicted molar refractivity (Wildman–Crippen MR) is 57.5 cm³/mol. The van der Waals surface area contributed by atoms with Crippen molar-refractivity contribution in [1.29, 1.82) is 0 Å². The van der Waals surface area contributed by atoms with Crippen molar-refractivity contribution in [3.8, 4) is 0 Å². The highest BCUT2D eigenvalue weighted by atomic mass is 16.6. The Morgan fingerprint density at radius 1 is 1.59 bits per heavy atom. The third-order valence-electron chi connectivity index (χ3n) is 2.91. The second-order valence-electron chi connectivity index (χ2n) is 3.95. The normalized spacial score (nSPS) is 22.2. The molecule has 0 spiro atoms. The Morgan fingerprint density at radius 2 is 2.29 bits per heavy atom. The first-order valence-corrected chi connectivity index (χ1v) is 5.51. The maximum absolute atomic E-state index is 11.7. The second kappa shape index (κ2) is 3.87. The smallest absolute Gasteiger partial charge is 0.359 e. The zero-order chi connectivity index (χ0) is 12.6. The van der Waals surface area contributed by atoms with Gasteiger partial charge in [0, 0.05) is 6.42 Å². The monoisotopic (exact) mass is 238 g/mol. The van der Waals surface area contributed by atoms with Crippen molar-refractivity contribution in [2.45, 2.75) is 32.9 Å². The van der Waals surface area contributed by atoms with Gasteiger partial charge in [0.2, 0.25) is 0 Å². The van der Waals surface area contributed by atoms with Crippen LogP contribution in [0.3, 0.4) is 0 Å². The summed E-state index contributed by atoms with van der Waals surface area (Å²) in [5.41, 5.74) is -0.564. The molecule has 6 heteroatoms. The number of fused-ring (bicyclic) bond motifs is 1. The molecule has 0 fully saturated rings. The molecule has 1 aromatic heterocycles. The standard InChI is InChI=1S/C11H14N2O4/c1-4-11(3)13-6-12-7(9(14)16-5-2)8(13)10(15)17-11/h6H,4-5H2,1-3H3. The molecular weight excluding hydrogens is 224 g/mol. The van der Waals surface area contributed by atoms with Gasteiger partial charge in [0.1, 0.15) is 0 Å². The van der Waals surface area contributed by atoms with Gasteiger partial charge >= 0.3 is 11.9 Å². The molecule has 2 rings (SSSR count). The highest BCUT2D eigenvalue weighted by molar-refractivity contribution is 6.01. The third kappa shape index (κ3) is 1.60. The Kier molecular flexibility index (Phi) is 2.65. The lowest BCUT2D eigenvalue weighted by molar-refractivity contribution is -0.0336. The van der Waals surface area contributed by atoms with E-state index in [1.807, 2.05) is 6.92 Å². The molecule has 92 valence electrons. The van der Waals surface area contributed by atoms with Crippen molar-refractivity contribution in [3.05, 3.63) is 17.7 Å². The molecule has 1 atom stereocenters. The van der Waals surface area contributed by atoms with Crippen molar-refractivity contribution < 1.29 is 19.1 Å². The van der Waals surface area contributed by atoms with E-state index in [2.05, 4.69) is 4.98 Å². The van der Waals surface area contributed by atoms with E-state index in [9.17, 15) is 9.59 Å². The topological polar surface area (TPSA) is 70.4 Å². The molecule has 2 heterocycles. The van der Waals surface area contributed by atoms with Crippen LogP contribution in [0.4, 0.5) is 0 Å². The Hall–Kier alpha value is -1.85. The Balaban J connectivity index is 2.46. The first kappa shape index (κ1) is 11.6. The second-order valence-corrected chi connectivity index (χ2v) is 3.95. The minimum atomic E-state index is -0.760. The van der Waals surface area contributed by atoms with E-state index in [0.29, 0.717) is 6.42 Å². The lowest BCUT2D eigenvalue weighted by Gasteiger charge is -2.22. The van der Waals surface area contributed by atoms with Gasteiger partial charge in [-0.2, -0.15) is 0 Å². The summed E-state index contributed by atoms with van der Waals surface area (Å²) >= 11 is 0. The van der Waals surface area contributed by atoms with Crippen LogP contribution in [0.1, 0.15) is 48.2 Å². The molecule has 0 saturated heterocycles. The van der Waals surface area contributed by atoms with Crippen LogP contribution in [-0.2, 0) is 15.2 Å². The zero-order valence-electron chi connectivity index (χ0n) is 10.0. The number of aromatic nitrogens is 2. The van der Waals surface area contributed by atoms with Crippen molar-refractivity contribution in [3.63, 3.8) is 0 Å². The van der Waals surface area contributed by atoms with Crippen molar-refractivity contribution >= 4 is 11.9 Å². The van der Waals surface area contributed by atoms with E-state index < -0.39 is 17.7 Å². The Bertz CT molecular complexity index is 480. The van der Waals surface area contributed by atoms with Crippen LogP contribution in [0.25, 0.3) is 0 Å². The first-order valence-electron chi connectivity index (χ1n) is 5.51. The number of imidazole rings is 1. The number of hydrogen-bond acceptors (Lipinski definition) is 5. The summed E-state index contributed by atoms with van der Waals surface area (Å²) in [4.78, 5) is 27.3. The fourth-order valence-electron chi connectivity index (χ4n) is 1.79.